The summed E-state index contributed by atoms with van der Waals surface area (Å²) < 4.78 is 5.22. The van der Waals surface area contributed by atoms with Crippen LogP contribution in [0.2, 0.25) is 0 Å². The zero-order chi connectivity index (χ0) is 26.4. The molecule has 4 rings (SSSR count). The van der Waals surface area contributed by atoms with Crippen LogP contribution in [-0.2, 0) is 14.4 Å². The molecule has 2 aliphatic rings. The van der Waals surface area contributed by atoms with Crippen molar-refractivity contribution in [2.75, 3.05) is 63.1 Å². The number of nitrogens with one attached hydrogen (secondary N) is 2. The van der Waals surface area contributed by atoms with Gasteiger partial charge in [0.05, 0.1) is 20.1 Å². The standard InChI is InChI=1S/C27H33N5O5/c1-19(33)20-3-5-21(6-4-20)29-25(34)17-24-27(36)28-11-12-32(24)26(35)18-30-13-15-31(16-14-30)22-7-9-23(37-2)10-8-22/h3-10,24H,11-18H2,1-2H3,(H,28,36)(H,29,34). The molecule has 196 valence electrons. The highest BCUT2D eigenvalue weighted by molar-refractivity contribution is 5.98. The summed E-state index contributed by atoms with van der Waals surface area (Å²) in [6.07, 6.45) is -0.142. The molecule has 2 fully saturated rings. The van der Waals surface area contributed by atoms with Crippen molar-refractivity contribution in [3.8, 4) is 5.75 Å². The van der Waals surface area contributed by atoms with Gasteiger partial charge in [0.2, 0.25) is 17.7 Å². The Morgan fingerprint density at radius 2 is 1.65 bits per heavy atom. The number of rotatable bonds is 8. The summed E-state index contributed by atoms with van der Waals surface area (Å²) >= 11 is 0. The van der Waals surface area contributed by atoms with Crippen molar-refractivity contribution < 1.29 is 23.9 Å². The molecule has 2 saturated heterocycles. The lowest BCUT2D eigenvalue weighted by molar-refractivity contribution is -0.145. The first-order valence-electron chi connectivity index (χ1n) is 12.4. The molecule has 3 amide bonds. The number of ether oxygens (including phenoxy) is 1. The number of benzene rings is 2. The van der Waals surface area contributed by atoms with Gasteiger partial charge in [0.15, 0.2) is 5.78 Å². The van der Waals surface area contributed by atoms with Gasteiger partial charge in [-0.25, -0.2) is 0 Å². The first-order chi connectivity index (χ1) is 17.8. The minimum atomic E-state index is -0.863. The SMILES string of the molecule is COc1ccc(N2CCN(CC(=O)N3CCNC(=O)C3CC(=O)Nc3ccc(C(C)=O)cc3)CC2)cc1. The number of hydrogen-bond donors (Lipinski definition) is 2. The van der Waals surface area contributed by atoms with Crippen molar-refractivity contribution in [1.29, 1.82) is 0 Å². The van der Waals surface area contributed by atoms with Gasteiger partial charge in [-0.2, -0.15) is 0 Å². The van der Waals surface area contributed by atoms with Gasteiger partial charge >= 0.3 is 0 Å². The van der Waals surface area contributed by atoms with Crippen LogP contribution < -0.4 is 20.3 Å². The Morgan fingerprint density at radius 1 is 0.973 bits per heavy atom. The molecule has 2 N–H and O–H groups in total. The van der Waals surface area contributed by atoms with Crippen LogP contribution in [0.5, 0.6) is 5.75 Å². The van der Waals surface area contributed by atoms with Crippen LogP contribution in [0.25, 0.3) is 0 Å². The summed E-state index contributed by atoms with van der Waals surface area (Å²) in [6, 6.07) is 13.6. The van der Waals surface area contributed by atoms with Crippen LogP contribution >= 0.6 is 0 Å². The van der Waals surface area contributed by atoms with E-state index in [0.717, 1.165) is 37.6 Å². The van der Waals surface area contributed by atoms with E-state index in [-0.39, 0.29) is 36.5 Å². The number of hydrogen-bond acceptors (Lipinski definition) is 7. The van der Waals surface area contributed by atoms with Crippen molar-refractivity contribution in [2.45, 2.75) is 19.4 Å². The van der Waals surface area contributed by atoms with Crippen LogP contribution in [0.1, 0.15) is 23.7 Å². The van der Waals surface area contributed by atoms with Crippen molar-refractivity contribution in [1.82, 2.24) is 15.1 Å². The summed E-state index contributed by atoms with van der Waals surface area (Å²) in [5.74, 6) is -0.105. The Labute approximate surface area is 216 Å². The third-order valence-electron chi connectivity index (χ3n) is 6.77. The lowest BCUT2D eigenvalue weighted by Gasteiger charge is -2.39. The zero-order valence-corrected chi connectivity index (χ0v) is 21.2. The van der Waals surface area contributed by atoms with Crippen molar-refractivity contribution in [2.24, 2.45) is 0 Å². The van der Waals surface area contributed by atoms with Crippen LogP contribution in [0.4, 0.5) is 11.4 Å². The van der Waals surface area contributed by atoms with Gasteiger partial charge in [-0.1, -0.05) is 0 Å². The van der Waals surface area contributed by atoms with E-state index < -0.39 is 6.04 Å². The topological polar surface area (TPSA) is 111 Å². The number of piperazine rings is 2. The van der Waals surface area contributed by atoms with Crippen molar-refractivity contribution in [3.63, 3.8) is 0 Å². The fourth-order valence-corrected chi connectivity index (χ4v) is 4.63. The smallest absolute Gasteiger partial charge is 0.243 e. The molecule has 0 aliphatic carbocycles. The van der Waals surface area contributed by atoms with E-state index in [0.29, 0.717) is 24.3 Å². The quantitative estimate of drug-likeness (QED) is 0.519. The van der Waals surface area contributed by atoms with E-state index in [9.17, 15) is 19.2 Å². The molecule has 10 heteroatoms. The molecule has 2 aromatic carbocycles. The Morgan fingerprint density at radius 3 is 2.27 bits per heavy atom. The molecule has 2 aromatic rings. The second-order valence-corrected chi connectivity index (χ2v) is 9.24. The molecule has 2 heterocycles. The van der Waals surface area contributed by atoms with Crippen LogP contribution in [0.15, 0.2) is 48.5 Å². The van der Waals surface area contributed by atoms with E-state index >= 15 is 0 Å². The third kappa shape index (κ3) is 6.65. The fourth-order valence-electron chi connectivity index (χ4n) is 4.63. The van der Waals surface area contributed by atoms with Crippen LogP contribution in [0, 0.1) is 0 Å². The normalized spacial score (nSPS) is 18.2. The molecule has 0 aromatic heterocycles. The maximum atomic E-state index is 13.2. The number of anilines is 2. The average molecular weight is 508 g/mol. The molecular formula is C27H33N5O5. The summed E-state index contributed by atoms with van der Waals surface area (Å²) in [5, 5.41) is 5.51. The third-order valence-corrected chi connectivity index (χ3v) is 6.77. The number of methoxy groups -OCH3 is 1. The van der Waals surface area contributed by atoms with E-state index in [2.05, 4.69) is 20.4 Å². The maximum absolute atomic E-state index is 13.2. The summed E-state index contributed by atoms with van der Waals surface area (Å²) in [7, 11) is 1.64. The molecule has 0 saturated carbocycles. The highest BCUT2D eigenvalue weighted by Crippen LogP contribution is 2.21. The first-order valence-corrected chi connectivity index (χ1v) is 12.4. The van der Waals surface area contributed by atoms with E-state index in [1.54, 1.807) is 31.4 Å². The largest absolute Gasteiger partial charge is 0.497 e. The number of ketones is 1. The Hall–Kier alpha value is -3.92. The van der Waals surface area contributed by atoms with Gasteiger partial charge < -0.3 is 25.2 Å². The number of nitrogens with zero attached hydrogens (tertiary/aromatic N) is 3. The van der Waals surface area contributed by atoms with Gasteiger partial charge in [-0.3, -0.25) is 24.1 Å². The van der Waals surface area contributed by atoms with Crippen LogP contribution in [0.3, 0.4) is 0 Å². The van der Waals surface area contributed by atoms with E-state index in [4.69, 9.17) is 4.74 Å². The highest BCUT2D eigenvalue weighted by atomic mass is 16.5. The maximum Gasteiger partial charge on any atom is 0.243 e. The van der Waals surface area contributed by atoms with Crippen molar-refractivity contribution >= 4 is 34.9 Å². The van der Waals surface area contributed by atoms with Gasteiger partial charge in [-0.15, -0.1) is 0 Å². The predicted octanol–water partition coefficient (Wildman–Crippen LogP) is 1.38. The number of carbonyl (C=O) groups excluding carboxylic acids is 4. The minimum absolute atomic E-state index is 0.0620. The molecule has 1 unspecified atom stereocenters. The van der Waals surface area contributed by atoms with E-state index in [1.807, 2.05) is 24.3 Å². The molecule has 2 aliphatic heterocycles. The molecule has 1 atom stereocenters. The average Bonchev–Trinajstić information content (AvgIpc) is 2.90. The Balaban J connectivity index is 1.31. The molecule has 0 bridgehead atoms. The number of Topliss-reactive ketones (excluding diaryl/α,β-unsaturated/α-hetero) is 1. The summed E-state index contributed by atoms with van der Waals surface area (Å²) in [6.45, 7) is 5.42. The van der Waals surface area contributed by atoms with Gasteiger partial charge in [0.25, 0.3) is 0 Å². The monoisotopic (exact) mass is 507 g/mol. The molecule has 37 heavy (non-hydrogen) atoms. The Bertz CT molecular complexity index is 1130. The van der Waals surface area contributed by atoms with Crippen molar-refractivity contribution in [3.05, 3.63) is 54.1 Å². The van der Waals surface area contributed by atoms with Gasteiger partial charge in [0, 0.05) is 56.2 Å². The fraction of sp³-hybridized carbons (Fsp3) is 0.407. The minimum Gasteiger partial charge on any atom is -0.497 e. The van der Waals surface area contributed by atoms with Gasteiger partial charge in [-0.05, 0) is 55.5 Å². The summed E-state index contributed by atoms with van der Waals surface area (Å²) in [5.41, 5.74) is 2.19. The van der Waals surface area contributed by atoms with Gasteiger partial charge in [0.1, 0.15) is 11.8 Å². The first kappa shape index (κ1) is 26.2. The lowest BCUT2D eigenvalue weighted by atomic mass is 10.1. The second-order valence-electron chi connectivity index (χ2n) is 9.24. The predicted molar refractivity (Wildman–Crippen MR) is 140 cm³/mol. The molecule has 0 spiro atoms. The number of amides is 3. The highest BCUT2D eigenvalue weighted by Gasteiger charge is 2.35. The van der Waals surface area contributed by atoms with Crippen LogP contribution in [-0.4, -0.2) is 92.3 Å². The zero-order valence-electron chi connectivity index (χ0n) is 21.2. The molecular weight excluding hydrogens is 474 g/mol. The number of carbonyl (C=O) groups is 4. The second kappa shape index (κ2) is 11.9. The Kier molecular flexibility index (Phi) is 8.39. The van der Waals surface area contributed by atoms with E-state index in [1.165, 1.54) is 11.8 Å². The molecule has 0 radical (unpaired) electrons. The lowest BCUT2D eigenvalue weighted by Crippen LogP contribution is -2.60. The molecule has 10 nitrogen and oxygen atoms in total. The summed E-state index contributed by atoms with van der Waals surface area (Å²) in [4.78, 5) is 55.8.